The summed E-state index contributed by atoms with van der Waals surface area (Å²) in [5.41, 5.74) is 1.99. The molecule has 0 amide bonds. The molecule has 0 bridgehead atoms. The van der Waals surface area contributed by atoms with Gasteiger partial charge in [-0.25, -0.2) is 0 Å². The molecule has 2 rings (SSSR count). The maximum atomic E-state index is 8.80. The Bertz CT molecular complexity index is 378. The lowest BCUT2D eigenvalue weighted by atomic mass is 10.1. The summed E-state index contributed by atoms with van der Waals surface area (Å²) in [5, 5.41) is 8.80. The van der Waals surface area contributed by atoms with E-state index in [-0.39, 0.29) is 0 Å². The average Bonchev–Trinajstić information content (AvgIpc) is 2.38. The van der Waals surface area contributed by atoms with Crippen molar-refractivity contribution in [3.8, 4) is 6.07 Å². The quantitative estimate of drug-likeness (QED) is 0.767. The summed E-state index contributed by atoms with van der Waals surface area (Å²) >= 11 is 0. The third kappa shape index (κ3) is 3.06. The summed E-state index contributed by atoms with van der Waals surface area (Å²) in [7, 11) is 0. The normalized spacial score (nSPS) is 16.9. The van der Waals surface area contributed by atoms with Gasteiger partial charge in [-0.05, 0) is 24.1 Å². The molecule has 1 saturated heterocycles. The first kappa shape index (κ1) is 11.1. The van der Waals surface area contributed by atoms with Crippen LogP contribution in [0, 0.1) is 11.3 Å². The molecule has 0 radical (unpaired) electrons. The molecule has 84 valence electrons. The fraction of sp³-hybridized carbons (Fsp3) is 0.462. The van der Waals surface area contributed by atoms with Crippen LogP contribution in [0.1, 0.15) is 11.1 Å². The van der Waals surface area contributed by atoms with E-state index in [2.05, 4.69) is 17.0 Å². The molecule has 1 aliphatic rings. The molecule has 1 heterocycles. The number of nitriles is 1. The van der Waals surface area contributed by atoms with E-state index in [0.29, 0.717) is 0 Å². The summed E-state index contributed by atoms with van der Waals surface area (Å²) in [4.78, 5) is 2.41. The van der Waals surface area contributed by atoms with Crippen molar-refractivity contribution < 1.29 is 4.74 Å². The van der Waals surface area contributed by atoms with Gasteiger partial charge in [0.2, 0.25) is 0 Å². The molecule has 0 saturated carbocycles. The molecule has 3 heteroatoms. The van der Waals surface area contributed by atoms with E-state index in [9.17, 15) is 0 Å². The zero-order valence-electron chi connectivity index (χ0n) is 9.35. The molecule has 1 aliphatic heterocycles. The number of hydrogen-bond donors (Lipinski definition) is 0. The van der Waals surface area contributed by atoms with Crippen LogP contribution in [0.3, 0.4) is 0 Å². The second-order valence-electron chi connectivity index (χ2n) is 4.02. The molecule has 0 aromatic heterocycles. The number of hydrogen-bond acceptors (Lipinski definition) is 3. The van der Waals surface area contributed by atoms with Crippen molar-refractivity contribution in [3.63, 3.8) is 0 Å². The number of rotatable bonds is 3. The highest BCUT2D eigenvalue weighted by Gasteiger charge is 2.09. The van der Waals surface area contributed by atoms with Gasteiger partial charge in [0.25, 0.3) is 0 Å². The Hall–Kier alpha value is -1.37. The monoisotopic (exact) mass is 216 g/mol. The predicted octanol–water partition coefficient (Wildman–Crippen LogP) is 1.43. The van der Waals surface area contributed by atoms with Gasteiger partial charge in [-0.1, -0.05) is 12.1 Å². The summed E-state index contributed by atoms with van der Waals surface area (Å²) in [6, 6.07) is 10.0. The van der Waals surface area contributed by atoms with E-state index in [1.54, 1.807) is 0 Å². The lowest BCUT2D eigenvalue weighted by Gasteiger charge is -2.26. The molecule has 1 aromatic rings. The van der Waals surface area contributed by atoms with Crippen molar-refractivity contribution in [3.05, 3.63) is 35.4 Å². The molecule has 3 nitrogen and oxygen atoms in total. The van der Waals surface area contributed by atoms with Gasteiger partial charge in [0.15, 0.2) is 0 Å². The largest absolute Gasteiger partial charge is 0.379 e. The lowest BCUT2D eigenvalue weighted by molar-refractivity contribution is 0.0384. The van der Waals surface area contributed by atoms with Crippen LogP contribution in [-0.2, 0) is 11.2 Å². The summed E-state index contributed by atoms with van der Waals surface area (Å²) in [6.45, 7) is 4.80. The van der Waals surface area contributed by atoms with E-state index in [1.165, 1.54) is 5.56 Å². The molecule has 0 spiro atoms. The van der Waals surface area contributed by atoms with Crippen LogP contribution >= 0.6 is 0 Å². The summed E-state index contributed by atoms with van der Waals surface area (Å²) < 4.78 is 5.30. The highest BCUT2D eigenvalue weighted by molar-refractivity contribution is 5.32. The van der Waals surface area contributed by atoms with Crippen LogP contribution in [0.2, 0.25) is 0 Å². The zero-order chi connectivity index (χ0) is 11.2. The Morgan fingerprint density at radius 3 is 2.88 bits per heavy atom. The third-order valence-electron chi connectivity index (χ3n) is 2.88. The van der Waals surface area contributed by atoms with E-state index in [0.717, 1.165) is 44.8 Å². The Morgan fingerprint density at radius 1 is 1.31 bits per heavy atom. The number of ether oxygens (including phenoxy) is 1. The Balaban J connectivity index is 1.86. The Labute approximate surface area is 96.2 Å². The second kappa shape index (κ2) is 5.64. The van der Waals surface area contributed by atoms with Crippen LogP contribution < -0.4 is 0 Å². The summed E-state index contributed by atoms with van der Waals surface area (Å²) in [6.07, 6.45) is 1.01. The molecule has 1 aromatic carbocycles. The fourth-order valence-electron chi connectivity index (χ4n) is 1.91. The van der Waals surface area contributed by atoms with Crippen molar-refractivity contribution in [2.75, 3.05) is 32.8 Å². The van der Waals surface area contributed by atoms with Crippen molar-refractivity contribution >= 4 is 0 Å². The first-order valence-electron chi connectivity index (χ1n) is 5.67. The standard InChI is InChI=1S/C13H16N2O/c14-11-13-3-1-2-12(10-13)4-5-15-6-8-16-9-7-15/h1-3,10H,4-9H2. The second-order valence-corrected chi connectivity index (χ2v) is 4.02. The van der Waals surface area contributed by atoms with Crippen molar-refractivity contribution in [1.29, 1.82) is 5.26 Å². The van der Waals surface area contributed by atoms with Gasteiger partial charge in [-0.15, -0.1) is 0 Å². The first-order chi connectivity index (χ1) is 7.88. The Kier molecular flexibility index (Phi) is 3.92. The number of morpholine rings is 1. The SMILES string of the molecule is N#Cc1cccc(CCN2CCOCC2)c1. The smallest absolute Gasteiger partial charge is 0.0991 e. The topological polar surface area (TPSA) is 36.3 Å². The highest BCUT2D eigenvalue weighted by Crippen LogP contribution is 2.06. The average molecular weight is 216 g/mol. The fourth-order valence-corrected chi connectivity index (χ4v) is 1.91. The van der Waals surface area contributed by atoms with Gasteiger partial charge in [0, 0.05) is 19.6 Å². The van der Waals surface area contributed by atoms with Crippen molar-refractivity contribution in [2.24, 2.45) is 0 Å². The maximum absolute atomic E-state index is 8.80. The van der Waals surface area contributed by atoms with Crippen LogP contribution in [0.5, 0.6) is 0 Å². The minimum Gasteiger partial charge on any atom is -0.379 e. The first-order valence-corrected chi connectivity index (χ1v) is 5.67. The highest BCUT2D eigenvalue weighted by atomic mass is 16.5. The number of benzene rings is 1. The van der Waals surface area contributed by atoms with E-state index >= 15 is 0 Å². The molecule has 1 fully saturated rings. The lowest BCUT2D eigenvalue weighted by Crippen LogP contribution is -2.37. The van der Waals surface area contributed by atoms with Crippen molar-refractivity contribution in [2.45, 2.75) is 6.42 Å². The van der Waals surface area contributed by atoms with Gasteiger partial charge in [-0.2, -0.15) is 5.26 Å². The van der Waals surface area contributed by atoms with Gasteiger partial charge in [0.1, 0.15) is 0 Å². The van der Waals surface area contributed by atoms with Gasteiger partial charge in [0.05, 0.1) is 24.8 Å². The van der Waals surface area contributed by atoms with Crippen LogP contribution in [0.4, 0.5) is 0 Å². The molecule has 0 atom stereocenters. The van der Waals surface area contributed by atoms with E-state index < -0.39 is 0 Å². The third-order valence-corrected chi connectivity index (χ3v) is 2.88. The predicted molar refractivity (Wildman–Crippen MR) is 62.1 cm³/mol. The molecule has 16 heavy (non-hydrogen) atoms. The van der Waals surface area contributed by atoms with E-state index in [1.807, 2.05) is 18.2 Å². The zero-order valence-corrected chi connectivity index (χ0v) is 9.35. The molecule has 0 aliphatic carbocycles. The maximum Gasteiger partial charge on any atom is 0.0991 e. The molecular formula is C13H16N2O. The van der Waals surface area contributed by atoms with Crippen molar-refractivity contribution in [1.82, 2.24) is 4.90 Å². The summed E-state index contributed by atoms with van der Waals surface area (Å²) in [5.74, 6) is 0. The Morgan fingerprint density at radius 2 is 2.12 bits per heavy atom. The minimum absolute atomic E-state index is 0.750. The van der Waals surface area contributed by atoms with Gasteiger partial charge < -0.3 is 4.74 Å². The molecular weight excluding hydrogens is 200 g/mol. The van der Waals surface area contributed by atoms with Crippen LogP contribution in [0.25, 0.3) is 0 Å². The number of nitrogens with zero attached hydrogens (tertiary/aromatic N) is 2. The van der Waals surface area contributed by atoms with E-state index in [4.69, 9.17) is 10.00 Å². The molecule has 0 unspecified atom stereocenters. The van der Waals surface area contributed by atoms with Gasteiger partial charge in [-0.3, -0.25) is 4.90 Å². The minimum atomic E-state index is 0.750. The van der Waals surface area contributed by atoms with Crippen LogP contribution in [0.15, 0.2) is 24.3 Å². The van der Waals surface area contributed by atoms with Crippen LogP contribution in [-0.4, -0.2) is 37.7 Å². The molecule has 0 N–H and O–H groups in total. The van der Waals surface area contributed by atoms with Gasteiger partial charge >= 0.3 is 0 Å².